The van der Waals surface area contributed by atoms with Crippen molar-refractivity contribution in [2.24, 2.45) is 5.10 Å². The highest BCUT2D eigenvalue weighted by Crippen LogP contribution is 2.30. The molecule has 0 bridgehead atoms. The van der Waals surface area contributed by atoms with Gasteiger partial charge in [0.25, 0.3) is 0 Å². The van der Waals surface area contributed by atoms with E-state index in [1.54, 1.807) is 0 Å². The van der Waals surface area contributed by atoms with Crippen LogP contribution in [0.4, 0.5) is 0 Å². The van der Waals surface area contributed by atoms with Crippen LogP contribution in [-0.4, -0.2) is 24.8 Å². The van der Waals surface area contributed by atoms with E-state index in [-0.39, 0.29) is 5.91 Å². The summed E-state index contributed by atoms with van der Waals surface area (Å²) in [6.07, 6.45) is 0.310. The average Bonchev–Trinajstić information content (AvgIpc) is 2.61. The first-order valence-corrected chi connectivity index (χ1v) is 8.32. The Morgan fingerprint density at radius 2 is 1.84 bits per heavy atom. The van der Waals surface area contributed by atoms with Gasteiger partial charge in [-0.05, 0) is 50.1 Å². The van der Waals surface area contributed by atoms with Crippen LogP contribution in [0.15, 0.2) is 41.5 Å². The molecule has 0 aliphatic carbocycles. The van der Waals surface area contributed by atoms with E-state index in [1.807, 2.05) is 51.1 Å². The number of fused-ring (bicyclic) bond motifs is 1. The summed E-state index contributed by atoms with van der Waals surface area (Å²) in [5.74, 6) is 1.31. The number of hydrogen-bond donors (Lipinski definition) is 1. The molecule has 0 fully saturated rings. The van der Waals surface area contributed by atoms with Gasteiger partial charge in [-0.1, -0.05) is 23.8 Å². The standard InChI is InChI=1S/C20H22N2O3/c1-13-4-5-16(14(2)10-13)12-20(23)22-21-15(3)17-6-7-18-19(11-17)25-9-8-24-18/h4-7,10-11H,8-9,12H2,1-3H3,(H,22,23)/b21-15-. The molecule has 5 nitrogen and oxygen atoms in total. The van der Waals surface area contributed by atoms with E-state index in [4.69, 9.17) is 9.47 Å². The van der Waals surface area contributed by atoms with Crippen molar-refractivity contribution in [1.29, 1.82) is 0 Å². The zero-order valence-corrected chi connectivity index (χ0v) is 14.8. The molecule has 130 valence electrons. The lowest BCUT2D eigenvalue weighted by Crippen LogP contribution is -2.22. The second kappa shape index (κ2) is 7.38. The summed E-state index contributed by atoms with van der Waals surface area (Å²) in [5.41, 5.74) is 7.54. The van der Waals surface area contributed by atoms with Gasteiger partial charge in [-0.15, -0.1) is 0 Å². The Labute approximate surface area is 147 Å². The Morgan fingerprint density at radius 3 is 2.60 bits per heavy atom. The number of carbonyl (C=O) groups is 1. The number of hydrazone groups is 1. The van der Waals surface area contributed by atoms with E-state index < -0.39 is 0 Å². The predicted molar refractivity (Wildman–Crippen MR) is 97.4 cm³/mol. The fraction of sp³-hybridized carbons (Fsp3) is 0.300. The van der Waals surface area contributed by atoms with Crippen LogP contribution < -0.4 is 14.9 Å². The van der Waals surface area contributed by atoms with E-state index >= 15 is 0 Å². The van der Waals surface area contributed by atoms with Crippen molar-refractivity contribution in [3.63, 3.8) is 0 Å². The first-order chi connectivity index (χ1) is 12.0. The maximum Gasteiger partial charge on any atom is 0.244 e. The van der Waals surface area contributed by atoms with Crippen molar-refractivity contribution < 1.29 is 14.3 Å². The maximum absolute atomic E-state index is 12.2. The van der Waals surface area contributed by atoms with Crippen molar-refractivity contribution >= 4 is 11.6 Å². The van der Waals surface area contributed by atoms with Crippen LogP contribution in [0, 0.1) is 13.8 Å². The Hall–Kier alpha value is -2.82. The Balaban J connectivity index is 1.65. The number of benzene rings is 2. The summed E-state index contributed by atoms with van der Waals surface area (Å²) < 4.78 is 11.1. The van der Waals surface area contributed by atoms with Crippen LogP contribution in [0.3, 0.4) is 0 Å². The summed E-state index contributed by atoms with van der Waals surface area (Å²) in [6.45, 7) is 7.01. The molecule has 0 radical (unpaired) electrons. The molecule has 0 saturated carbocycles. The zero-order valence-electron chi connectivity index (χ0n) is 14.8. The first-order valence-electron chi connectivity index (χ1n) is 8.32. The van der Waals surface area contributed by atoms with Gasteiger partial charge in [0.15, 0.2) is 11.5 Å². The van der Waals surface area contributed by atoms with Crippen molar-refractivity contribution in [3.05, 3.63) is 58.7 Å². The lowest BCUT2D eigenvalue weighted by Gasteiger charge is -2.18. The van der Waals surface area contributed by atoms with Gasteiger partial charge < -0.3 is 9.47 Å². The van der Waals surface area contributed by atoms with E-state index in [2.05, 4.69) is 16.6 Å². The fourth-order valence-corrected chi connectivity index (χ4v) is 2.74. The van der Waals surface area contributed by atoms with Gasteiger partial charge in [-0.25, -0.2) is 5.43 Å². The number of carbonyl (C=O) groups excluding carboxylic acids is 1. The summed E-state index contributed by atoms with van der Waals surface area (Å²) in [7, 11) is 0. The minimum absolute atomic E-state index is 0.135. The third-order valence-electron chi connectivity index (χ3n) is 4.16. The number of ether oxygens (including phenoxy) is 2. The third kappa shape index (κ3) is 4.18. The van der Waals surface area contributed by atoms with Gasteiger partial charge in [-0.3, -0.25) is 4.79 Å². The van der Waals surface area contributed by atoms with Crippen LogP contribution in [0.25, 0.3) is 0 Å². The second-order valence-corrected chi connectivity index (χ2v) is 6.20. The highest BCUT2D eigenvalue weighted by Gasteiger charge is 2.13. The molecule has 25 heavy (non-hydrogen) atoms. The number of aryl methyl sites for hydroxylation is 2. The lowest BCUT2D eigenvalue weighted by molar-refractivity contribution is -0.120. The van der Waals surface area contributed by atoms with Crippen molar-refractivity contribution in [3.8, 4) is 11.5 Å². The number of hydrogen-bond acceptors (Lipinski definition) is 4. The highest BCUT2D eigenvalue weighted by atomic mass is 16.6. The van der Waals surface area contributed by atoms with E-state index in [1.165, 1.54) is 5.56 Å². The molecule has 0 atom stereocenters. The predicted octanol–water partition coefficient (Wildman–Crippen LogP) is 3.16. The lowest BCUT2D eigenvalue weighted by atomic mass is 10.0. The molecule has 3 rings (SSSR count). The summed E-state index contributed by atoms with van der Waals surface area (Å²) >= 11 is 0. The van der Waals surface area contributed by atoms with Crippen LogP contribution in [-0.2, 0) is 11.2 Å². The molecule has 2 aromatic carbocycles. The SMILES string of the molecule is C/C(=N/NC(=O)Cc1ccc(C)cc1C)c1ccc2c(c1)OCCO2. The molecule has 1 aliphatic rings. The molecule has 1 aliphatic heterocycles. The third-order valence-corrected chi connectivity index (χ3v) is 4.16. The van der Waals surface area contributed by atoms with Crippen molar-refractivity contribution in [2.45, 2.75) is 27.2 Å². The Kier molecular flexibility index (Phi) is 5.03. The zero-order chi connectivity index (χ0) is 17.8. The first kappa shape index (κ1) is 17.0. The normalized spacial score (nSPS) is 13.5. The van der Waals surface area contributed by atoms with Gasteiger partial charge in [-0.2, -0.15) is 5.10 Å². The number of nitrogens with one attached hydrogen (secondary N) is 1. The molecule has 1 amide bonds. The molecule has 5 heteroatoms. The van der Waals surface area contributed by atoms with Gasteiger partial charge >= 0.3 is 0 Å². The summed E-state index contributed by atoms with van der Waals surface area (Å²) in [6, 6.07) is 11.7. The molecule has 1 heterocycles. The van der Waals surface area contributed by atoms with Crippen molar-refractivity contribution in [2.75, 3.05) is 13.2 Å². The fourth-order valence-electron chi connectivity index (χ4n) is 2.74. The molecular formula is C20H22N2O3. The molecular weight excluding hydrogens is 316 g/mol. The van der Waals surface area contributed by atoms with Gasteiger partial charge in [0.2, 0.25) is 5.91 Å². The van der Waals surface area contributed by atoms with Gasteiger partial charge in [0.05, 0.1) is 12.1 Å². The Bertz CT molecular complexity index is 828. The smallest absolute Gasteiger partial charge is 0.244 e. The van der Waals surface area contributed by atoms with Crippen molar-refractivity contribution in [1.82, 2.24) is 5.43 Å². The second-order valence-electron chi connectivity index (χ2n) is 6.20. The van der Waals surface area contributed by atoms with Crippen LogP contribution >= 0.6 is 0 Å². The summed E-state index contributed by atoms with van der Waals surface area (Å²) in [4.78, 5) is 12.2. The minimum Gasteiger partial charge on any atom is -0.486 e. The summed E-state index contributed by atoms with van der Waals surface area (Å²) in [5, 5.41) is 4.21. The Morgan fingerprint density at radius 1 is 1.08 bits per heavy atom. The van der Waals surface area contributed by atoms with Gasteiger partial charge in [0, 0.05) is 5.56 Å². The molecule has 0 aromatic heterocycles. The molecule has 0 saturated heterocycles. The van der Waals surface area contributed by atoms with E-state index in [0.717, 1.165) is 22.4 Å². The van der Waals surface area contributed by atoms with Crippen LogP contribution in [0.2, 0.25) is 0 Å². The van der Waals surface area contributed by atoms with Crippen LogP contribution in [0.1, 0.15) is 29.2 Å². The van der Waals surface area contributed by atoms with E-state index in [0.29, 0.717) is 31.1 Å². The quantitative estimate of drug-likeness (QED) is 0.688. The minimum atomic E-state index is -0.135. The number of amides is 1. The molecule has 2 aromatic rings. The van der Waals surface area contributed by atoms with E-state index in [9.17, 15) is 4.79 Å². The topological polar surface area (TPSA) is 59.9 Å². The molecule has 1 N–H and O–H groups in total. The largest absolute Gasteiger partial charge is 0.486 e. The highest BCUT2D eigenvalue weighted by molar-refractivity contribution is 5.99. The van der Waals surface area contributed by atoms with Crippen LogP contribution in [0.5, 0.6) is 11.5 Å². The number of rotatable bonds is 4. The van der Waals surface area contributed by atoms with Gasteiger partial charge in [0.1, 0.15) is 13.2 Å². The number of nitrogens with zero attached hydrogens (tertiary/aromatic N) is 1. The maximum atomic E-state index is 12.2. The molecule has 0 spiro atoms. The average molecular weight is 338 g/mol. The monoisotopic (exact) mass is 338 g/mol. The molecule has 0 unspecified atom stereocenters.